The molecule has 1 aliphatic carbocycles. The topological polar surface area (TPSA) is 54.5 Å². The van der Waals surface area contributed by atoms with E-state index in [9.17, 15) is 4.79 Å². The van der Waals surface area contributed by atoms with Gasteiger partial charge in [0, 0.05) is 22.7 Å². The van der Waals surface area contributed by atoms with E-state index in [1.54, 1.807) is 6.20 Å². The van der Waals surface area contributed by atoms with Crippen LogP contribution in [0.4, 0.5) is 17.2 Å². The van der Waals surface area contributed by atoms with E-state index in [1.807, 2.05) is 35.2 Å². The Labute approximate surface area is 177 Å². The summed E-state index contributed by atoms with van der Waals surface area (Å²) in [5.74, 6) is 0.935. The molecule has 0 spiro atoms. The molecule has 1 N–H and O–H groups in total. The van der Waals surface area contributed by atoms with Gasteiger partial charge in [0.2, 0.25) is 5.91 Å². The van der Waals surface area contributed by atoms with Crippen LogP contribution in [-0.4, -0.2) is 23.1 Å². The lowest BCUT2D eigenvalue weighted by Crippen LogP contribution is -2.40. The Bertz CT molecular complexity index is 893. The van der Waals surface area contributed by atoms with E-state index >= 15 is 0 Å². The lowest BCUT2D eigenvalue weighted by Gasteiger charge is -2.35. The van der Waals surface area contributed by atoms with Crippen LogP contribution in [0.1, 0.15) is 58.1 Å². The molecular weight excluding hydrogens is 386 g/mol. The molecule has 1 saturated carbocycles. The van der Waals surface area contributed by atoms with Gasteiger partial charge >= 0.3 is 0 Å². The van der Waals surface area contributed by atoms with Crippen molar-refractivity contribution in [2.24, 2.45) is 5.92 Å². The standard InChI is InChI=1S/C23H28ClN3O2/c1-14(2)29-18-9-6-16(7-10-18)23(28)27-15(3)19-5-4-12-25-22(19)26-20-11-8-17(24)13-21(20)27/h4-5,8,11-16,18H,6-7,9-10H2,1-3H3,(H,25,26). The van der Waals surface area contributed by atoms with E-state index in [0.29, 0.717) is 5.02 Å². The summed E-state index contributed by atoms with van der Waals surface area (Å²) in [7, 11) is 0. The average Bonchev–Trinajstić information content (AvgIpc) is 2.81. The molecule has 1 atom stereocenters. The van der Waals surface area contributed by atoms with Gasteiger partial charge in [0.05, 0.1) is 29.6 Å². The quantitative estimate of drug-likeness (QED) is 0.683. The molecule has 1 aliphatic heterocycles. The number of anilines is 3. The Kier molecular flexibility index (Phi) is 5.79. The highest BCUT2D eigenvalue weighted by molar-refractivity contribution is 6.31. The minimum atomic E-state index is -0.136. The van der Waals surface area contributed by atoms with Crippen LogP contribution in [0.5, 0.6) is 0 Å². The highest BCUT2D eigenvalue weighted by atomic mass is 35.5. The molecule has 154 valence electrons. The lowest BCUT2D eigenvalue weighted by atomic mass is 9.85. The smallest absolute Gasteiger partial charge is 0.230 e. The number of amides is 1. The van der Waals surface area contributed by atoms with Gasteiger partial charge in [-0.05, 0) is 70.7 Å². The van der Waals surface area contributed by atoms with Gasteiger partial charge in [0.1, 0.15) is 5.82 Å². The Morgan fingerprint density at radius 2 is 2.00 bits per heavy atom. The van der Waals surface area contributed by atoms with Crippen molar-refractivity contribution in [2.45, 2.75) is 64.7 Å². The number of aromatic nitrogens is 1. The molecule has 6 heteroatoms. The first kappa shape index (κ1) is 20.2. The third kappa shape index (κ3) is 4.12. The van der Waals surface area contributed by atoms with E-state index in [1.165, 1.54) is 0 Å². The van der Waals surface area contributed by atoms with Crippen LogP contribution in [0.25, 0.3) is 0 Å². The van der Waals surface area contributed by atoms with Gasteiger partial charge in [-0.15, -0.1) is 0 Å². The molecule has 1 unspecified atom stereocenters. The molecule has 2 aromatic rings. The van der Waals surface area contributed by atoms with Crippen LogP contribution >= 0.6 is 11.6 Å². The number of rotatable bonds is 3. The Hall–Kier alpha value is -2.11. The summed E-state index contributed by atoms with van der Waals surface area (Å²) in [5.41, 5.74) is 2.67. The third-order valence-electron chi connectivity index (χ3n) is 5.87. The Balaban J connectivity index is 1.65. The maximum absolute atomic E-state index is 13.7. The van der Waals surface area contributed by atoms with Crippen molar-refractivity contribution < 1.29 is 9.53 Å². The lowest BCUT2D eigenvalue weighted by molar-refractivity contribution is -0.125. The average molecular weight is 414 g/mol. The van der Waals surface area contributed by atoms with Crippen molar-refractivity contribution >= 4 is 34.7 Å². The van der Waals surface area contributed by atoms with Crippen LogP contribution in [0.3, 0.4) is 0 Å². The van der Waals surface area contributed by atoms with Gasteiger partial charge in [0.25, 0.3) is 0 Å². The van der Waals surface area contributed by atoms with Crippen LogP contribution in [-0.2, 0) is 9.53 Å². The molecule has 5 nitrogen and oxygen atoms in total. The third-order valence-corrected chi connectivity index (χ3v) is 6.11. The number of hydrogen-bond acceptors (Lipinski definition) is 4. The van der Waals surface area contributed by atoms with Crippen LogP contribution in [0.2, 0.25) is 5.02 Å². The number of ether oxygens (including phenoxy) is 1. The van der Waals surface area contributed by atoms with E-state index in [-0.39, 0.29) is 30.1 Å². The minimum absolute atomic E-state index is 0.00508. The predicted molar refractivity (Wildman–Crippen MR) is 117 cm³/mol. The maximum Gasteiger partial charge on any atom is 0.230 e. The van der Waals surface area contributed by atoms with Crippen LogP contribution in [0, 0.1) is 5.92 Å². The fourth-order valence-electron chi connectivity index (χ4n) is 4.48. The zero-order valence-corrected chi connectivity index (χ0v) is 17.9. The molecule has 0 bridgehead atoms. The first-order chi connectivity index (χ1) is 13.9. The second-order valence-electron chi connectivity index (χ2n) is 8.27. The zero-order valence-electron chi connectivity index (χ0n) is 17.2. The summed E-state index contributed by atoms with van der Waals surface area (Å²) in [5, 5.41) is 4.01. The van der Waals surface area contributed by atoms with Crippen LogP contribution in [0.15, 0.2) is 36.5 Å². The fraction of sp³-hybridized carbons (Fsp3) is 0.478. The zero-order chi connectivity index (χ0) is 20.5. The summed E-state index contributed by atoms with van der Waals surface area (Å²) < 4.78 is 5.96. The van der Waals surface area contributed by atoms with Crippen molar-refractivity contribution in [1.82, 2.24) is 4.98 Å². The van der Waals surface area contributed by atoms with E-state index in [2.05, 4.69) is 31.1 Å². The highest BCUT2D eigenvalue weighted by Gasteiger charge is 2.36. The molecule has 0 radical (unpaired) electrons. The van der Waals surface area contributed by atoms with Gasteiger partial charge in [-0.25, -0.2) is 4.98 Å². The number of nitrogens with one attached hydrogen (secondary N) is 1. The summed E-state index contributed by atoms with van der Waals surface area (Å²) >= 11 is 6.31. The SMILES string of the molecule is CC(C)OC1CCC(C(=O)N2c3cc(Cl)ccc3Nc3ncccc3C2C)CC1. The Morgan fingerprint density at radius 1 is 1.24 bits per heavy atom. The predicted octanol–water partition coefficient (Wildman–Crippen LogP) is 5.87. The Morgan fingerprint density at radius 3 is 2.72 bits per heavy atom. The fourth-order valence-corrected chi connectivity index (χ4v) is 4.65. The van der Waals surface area contributed by atoms with E-state index in [4.69, 9.17) is 16.3 Å². The van der Waals surface area contributed by atoms with Gasteiger partial charge in [-0.2, -0.15) is 0 Å². The summed E-state index contributed by atoms with van der Waals surface area (Å²) in [6, 6.07) is 9.43. The van der Waals surface area contributed by atoms with E-state index in [0.717, 1.165) is 48.4 Å². The summed E-state index contributed by atoms with van der Waals surface area (Å²) in [6.07, 6.45) is 5.80. The monoisotopic (exact) mass is 413 g/mol. The molecule has 2 aliphatic rings. The highest BCUT2D eigenvalue weighted by Crippen LogP contribution is 2.43. The molecule has 0 saturated heterocycles. The van der Waals surface area contributed by atoms with Gasteiger partial charge < -0.3 is 15.0 Å². The number of carbonyl (C=O) groups excluding carboxylic acids is 1. The van der Waals surface area contributed by atoms with Gasteiger partial charge in [0.15, 0.2) is 0 Å². The van der Waals surface area contributed by atoms with Crippen molar-refractivity contribution in [3.8, 4) is 0 Å². The number of fused-ring (bicyclic) bond motifs is 2. The normalized spacial score (nSPS) is 23.8. The largest absolute Gasteiger partial charge is 0.376 e. The number of carbonyl (C=O) groups is 1. The number of halogens is 1. The molecular formula is C23H28ClN3O2. The molecule has 1 aromatic carbocycles. The van der Waals surface area contributed by atoms with Crippen LogP contribution < -0.4 is 10.2 Å². The van der Waals surface area contributed by atoms with Crippen molar-refractivity contribution in [3.63, 3.8) is 0 Å². The summed E-state index contributed by atoms with van der Waals surface area (Å²) in [6.45, 7) is 6.19. The molecule has 4 rings (SSSR count). The first-order valence-electron chi connectivity index (χ1n) is 10.4. The molecule has 1 fully saturated rings. The van der Waals surface area contributed by atoms with Crippen molar-refractivity contribution in [3.05, 3.63) is 47.1 Å². The second-order valence-corrected chi connectivity index (χ2v) is 8.71. The number of pyridine rings is 1. The molecule has 1 amide bonds. The molecule has 1 aromatic heterocycles. The van der Waals surface area contributed by atoms with Crippen molar-refractivity contribution in [2.75, 3.05) is 10.2 Å². The number of hydrogen-bond donors (Lipinski definition) is 1. The van der Waals surface area contributed by atoms with Gasteiger partial charge in [-0.3, -0.25) is 4.79 Å². The molecule has 29 heavy (non-hydrogen) atoms. The van der Waals surface area contributed by atoms with Gasteiger partial charge in [-0.1, -0.05) is 17.7 Å². The van der Waals surface area contributed by atoms with E-state index < -0.39 is 0 Å². The van der Waals surface area contributed by atoms with Crippen molar-refractivity contribution in [1.29, 1.82) is 0 Å². The maximum atomic E-state index is 13.7. The number of benzene rings is 1. The number of nitrogens with zero attached hydrogens (tertiary/aromatic N) is 2. The first-order valence-corrected chi connectivity index (χ1v) is 10.8. The molecule has 2 heterocycles. The minimum Gasteiger partial charge on any atom is -0.376 e. The second kappa shape index (κ2) is 8.33. The summed E-state index contributed by atoms with van der Waals surface area (Å²) in [4.78, 5) is 20.1.